The molecule has 0 saturated heterocycles. The molecular formula is C17H19N5O2. The predicted molar refractivity (Wildman–Crippen MR) is 88.8 cm³/mol. The smallest absolute Gasteiger partial charge is 0.252 e. The van der Waals surface area contributed by atoms with Crippen molar-refractivity contribution >= 4 is 11.7 Å². The van der Waals surface area contributed by atoms with Crippen LogP contribution in [0.4, 0.5) is 0 Å². The van der Waals surface area contributed by atoms with Crippen molar-refractivity contribution in [1.82, 2.24) is 24.9 Å². The number of hydrogen-bond acceptors (Lipinski definition) is 5. The maximum atomic E-state index is 12.0. The molecule has 2 aromatic heterocycles. The number of ether oxygens (including phenoxy) is 1. The van der Waals surface area contributed by atoms with Gasteiger partial charge in [0.25, 0.3) is 5.78 Å². The van der Waals surface area contributed by atoms with Crippen LogP contribution in [0.15, 0.2) is 43.0 Å². The van der Waals surface area contributed by atoms with Gasteiger partial charge in [0, 0.05) is 18.9 Å². The van der Waals surface area contributed by atoms with E-state index in [0.717, 1.165) is 29.7 Å². The Kier molecular flexibility index (Phi) is 5.00. The van der Waals surface area contributed by atoms with Gasteiger partial charge in [0.15, 0.2) is 0 Å². The molecule has 0 spiro atoms. The molecule has 3 aromatic rings. The van der Waals surface area contributed by atoms with E-state index in [0.29, 0.717) is 18.7 Å². The number of aryl methyl sites for hydroxylation is 1. The molecule has 7 heteroatoms. The van der Waals surface area contributed by atoms with Crippen LogP contribution in [0, 0.1) is 0 Å². The Labute approximate surface area is 139 Å². The van der Waals surface area contributed by atoms with Crippen molar-refractivity contribution in [2.75, 3.05) is 13.7 Å². The van der Waals surface area contributed by atoms with E-state index in [1.54, 1.807) is 17.8 Å². The Balaban J connectivity index is 1.43. The van der Waals surface area contributed by atoms with Crippen molar-refractivity contribution in [2.24, 2.45) is 0 Å². The molecule has 1 aromatic carbocycles. The Morgan fingerprint density at radius 3 is 3.08 bits per heavy atom. The summed E-state index contributed by atoms with van der Waals surface area (Å²) in [7, 11) is 1.62. The highest BCUT2D eigenvalue weighted by atomic mass is 16.5. The number of fused-ring (bicyclic) bond motifs is 1. The van der Waals surface area contributed by atoms with Crippen molar-refractivity contribution in [1.29, 1.82) is 0 Å². The second kappa shape index (κ2) is 7.54. The summed E-state index contributed by atoms with van der Waals surface area (Å²) < 4.78 is 6.81. The zero-order valence-corrected chi connectivity index (χ0v) is 13.5. The monoisotopic (exact) mass is 325 g/mol. The maximum Gasteiger partial charge on any atom is 0.252 e. The fourth-order valence-corrected chi connectivity index (χ4v) is 2.44. The molecule has 0 radical (unpaired) electrons. The molecule has 24 heavy (non-hydrogen) atoms. The average molecular weight is 325 g/mol. The highest BCUT2D eigenvalue weighted by molar-refractivity contribution is 5.78. The molecule has 0 aliphatic heterocycles. The van der Waals surface area contributed by atoms with Crippen LogP contribution in [-0.4, -0.2) is 39.1 Å². The topological polar surface area (TPSA) is 81.4 Å². The van der Waals surface area contributed by atoms with Gasteiger partial charge in [0.1, 0.15) is 12.1 Å². The van der Waals surface area contributed by atoms with E-state index in [-0.39, 0.29) is 5.91 Å². The molecule has 0 aliphatic carbocycles. The summed E-state index contributed by atoms with van der Waals surface area (Å²) in [5.41, 5.74) is 2.00. The maximum absolute atomic E-state index is 12.0. The van der Waals surface area contributed by atoms with Crippen LogP contribution in [-0.2, 0) is 17.6 Å². The third-order valence-electron chi connectivity index (χ3n) is 3.65. The Hall–Kier alpha value is -2.96. The number of aromatic nitrogens is 4. The van der Waals surface area contributed by atoms with Crippen LogP contribution >= 0.6 is 0 Å². The zero-order valence-electron chi connectivity index (χ0n) is 13.5. The van der Waals surface area contributed by atoms with Gasteiger partial charge in [-0.05, 0) is 36.1 Å². The molecule has 1 N–H and O–H groups in total. The van der Waals surface area contributed by atoms with E-state index >= 15 is 0 Å². The first kappa shape index (κ1) is 15.9. The molecule has 1 amide bonds. The molecule has 0 bridgehead atoms. The van der Waals surface area contributed by atoms with Crippen molar-refractivity contribution in [3.8, 4) is 5.75 Å². The van der Waals surface area contributed by atoms with Gasteiger partial charge < -0.3 is 10.1 Å². The summed E-state index contributed by atoms with van der Waals surface area (Å²) in [5.74, 6) is 1.36. The van der Waals surface area contributed by atoms with Gasteiger partial charge in [-0.15, -0.1) is 0 Å². The second-order valence-corrected chi connectivity index (χ2v) is 5.45. The van der Waals surface area contributed by atoms with Crippen LogP contribution < -0.4 is 10.1 Å². The van der Waals surface area contributed by atoms with E-state index in [1.807, 2.05) is 30.5 Å². The number of hydrogen-bond donors (Lipinski definition) is 1. The number of methoxy groups -OCH3 is 1. The predicted octanol–water partition coefficient (Wildman–Crippen LogP) is 1.42. The summed E-state index contributed by atoms with van der Waals surface area (Å²) in [6, 6.07) is 7.54. The molecule has 2 heterocycles. The molecule has 0 fully saturated rings. The van der Waals surface area contributed by atoms with Gasteiger partial charge in [0.05, 0.1) is 13.5 Å². The molecule has 0 atom stereocenters. The fraction of sp³-hybridized carbons (Fsp3) is 0.294. The lowest BCUT2D eigenvalue weighted by atomic mass is 10.1. The Bertz CT molecular complexity index is 830. The lowest BCUT2D eigenvalue weighted by molar-refractivity contribution is -0.120. The summed E-state index contributed by atoms with van der Waals surface area (Å²) in [4.78, 5) is 20.2. The van der Waals surface area contributed by atoms with Gasteiger partial charge in [-0.2, -0.15) is 10.1 Å². The molecule has 0 unspecified atom stereocenters. The number of carbonyl (C=O) groups is 1. The fourth-order valence-electron chi connectivity index (χ4n) is 2.44. The molecule has 124 valence electrons. The van der Waals surface area contributed by atoms with Crippen molar-refractivity contribution in [3.63, 3.8) is 0 Å². The number of rotatable bonds is 7. The molecule has 7 nitrogen and oxygen atoms in total. The minimum atomic E-state index is 0.00751. The zero-order chi connectivity index (χ0) is 16.8. The second-order valence-electron chi connectivity index (χ2n) is 5.45. The van der Waals surface area contributed by atoms with Crippen LogP contribution in [0.2, 0.25) is 0 Å². The number of nitrogens with one attached hydrogen (secondary N) is 1. The van der Waals surface area contributed by atoms with Gasteiger partial charge in [-0.1, -0.05) is 12.1 Å². The average Bonchev–Trinajstić information content (AvgIpc) is 3.06. The lowest BCUT2D eigenvalue weighted by Crippen LogP contribution is -2.26. The summed E-state index contributed by atoms with van der Waals surface area (Å²) in [5, 5.41) is 7.00. The number of nitrogens with zero attached hydrogens (tertiary/aromatic N) is 4. The van der Waals surface area contributed by atoms with E-state index in [4.69, 9.17) is 4.74 Å². The largest absolute Gasteiger partial charge is 0.497 e. The summed E-state index contributed by atoms with van der Waals surface area (Å²) in [6.07, 6.45) is 7.19. The first-order chi connectivity index (χ1) is 11.7. The summed E-state index contributed by atoms with van der Waals surface area (Å²) in [6.45, 7) is 0.623. The molecular weight excluding hydrogens is 306 g/mol. The van der Waals surface area contributed by atoms with E-state index < -0.39 is 0 Å². The van der Waals surface area contributed by atoms with Crippen LogP contribution in [0.1, 0.15) is 17.5 Å². The van der Waals surface area contributed by atoms with Crippen molar-refractivity contribution in [3.05, 3.63) is 54.1 Å². The van der Waals surface area contributed by atoms with Gasteiger partial charge >= 0.3 is 0 Å². The van der Waals surface area contributed by atoms with Crippen LogP contribution in [0.25, 0.3) is 5.78 Å². The van der Waals surface area contributed by atoms with Crippen LogP contribution in [0.5, 0.6) is 5.75 Å². The van der Waals surface area contributed by atoms with E-state index in [2.05, 4.69) is 20.4 Å². The van der Waals surface area contributed by atoms with Gasteiger partial charge in [-0.3, -0.25) is 4.79 Å². The van der Waals surface area contributed by atoms with E-state index in [1.165, 1.54) is 6.33 Å². The van der Waals surface area contributed by atoms with Gasteiger partial charge in [-0.25, -0.2) is 9.50 Å². The van der Waals surface area contributed by atoms with Crippen LogP contribution in [0.3, 0.4) is 0 Å². The standard InChI is InChI=1S/C17H19N5O2/c1-24-15-6-2-4-13(8-15)9-16(23)18-7-3-5-14-10-19-17-20-12-21-22(17)11-14/h2,4,6,8,10-12H,3,5,7,9H2,1H3,(H,18,23). The Morgan fingerprint density at radius 1 is 1.29 bits per heavy atom. The lowest BCUT2D eigenvalue weighted by Gasteiger charge is -2.07. The first-order valence-corrected chi connectivity index (χ1v) is 7.78. The SMILES string of the molecule is COc1cccc(CC(=O)NCCCc2cnc3ncnn3c2)c1. The van der Waals surface area contributed by atoms with Crippen molar-refractivity contribution in [2.45, 2.75) is 19.3 Å². The van der Waals surface area contributed by atoms with Gasteiger partial charge in [0.2, 0.25) is 5.91 Å². The quantitative estimate of drug-likeness (QED) is 0.665. The number of benzene rings is 1. The number of amides is 1. The minimum Gasteiger partial charge on any atom is -0.497 e. The normalized spacial score (nSPS) is 10.7. The summed E-state index contributed by atoms with van der Waals surface area (Å²) >= 11 is 0. The highest BCUT2D eigenvalue weighted by Gasteiger charge is 2.04. The minimum absolute atomic E-state index is 0.00751. The first-order valence-electron chi connectivity index (χ1n) is 7.78. The highest BCUT2D eigenvalue weighted by Crippen LogP contribution is 2.12. The molecule has 0 saturated carbocycles. The molecule has 0 aliphatic rings. The molecule has 3 rings (SSSR count). The third kappa shape index (κ3) is 4.07. The van der Waals surface area contributed by atoms with Crippen molar-refractivity contribution < 1.29 is 9.53 Å². The Morgan fingerprint density at radius 2 is 2.21 bits per heavy atom. The third-order valence-corrected chi connectivity index (χ3v) is 3.65. The number of carbonyl (C=O) groups excluding carboxylic acids is 1. The van der Waals surface area contributed by atoms with E-state index in [9.17, 15) is 4.79 Å².